The van der Waals surface area contributed by atoms with Gasteiger partial charge in [-0.05, 0) is 31.0 Å². The van der Waals surface area contributed by atoms with E-state index in [1.807, 2.05) is 19.1 Å². The molecule has 1 aromatic carbocycles. The summed E-state index contributed by atoms with van der Waals surface area (Å²) in [4.78, 5) is 22.6. The third kappa shape index (κ3) is 6.01. The molecule has 2 amide bonds. The second-order valence-electron chi connectivity index (χ2n) is 4.54. The van der Waals surface area contributed by atoms with Gasteiger partial charge in [-0.15, -0.1) is 0 Å². The van der Waals surface area contributed by atoms with E-state index in [9.17, 15) is 9.59 Å². The maximum atomic E-state index is 11.7. The van der Waals surface area contributed by atoms with Gasteiger partial charge in [-0.2, -0.15) is 0 Å². The van der Waals surface area contributed by atoms with Crippen LogP contribution in [0.3, 0.4) is 0 Å². The van der Waals surface area contributed by atoms with Crippen molar-refractivity contribution in [2.45, 2.75) is 32.7 Å². The van der Waals surface area contributed by atoms with Gasteiger partial charge in [0.15, 0.2) is 0 Å². The van der Waals surface area contributed by atoms with Crippen LogP contribution >= 0.6 is 0 Å². The zero-order valence-electron chi connectivity index (χ0n) is 11.3. The Morgan fingerprint density at radius 3 is 2.42 bits per heavy atom. The van der Waals surface area contributed by atoms with Crippen LogP contribution in [0, 0.1) is 0 Å². The number of aliphatic hydroxyl groups is 1. The number of anilines is 1. The van der Waals surface area contributed by atoms with Gasteiger partial charge in [0.05, 0.1) is 6.42 Å². The van der Waals surface area contributed by atoms with Crippen molar-refractivity contribution in [3.05, 3.63) is 29.8 Å². The number of nitrogens with one attached hydrogen (secondary N) is 2. The average molecular weight is 264 g/mol. The molecular weight excluding hydrogens is 244 g/mol. The molecule has 0 heterocycles. The van der Waals surface area contributed by atoms with Crippen molar-refractivity contribution in [2.24, 2.45) is 0 Å². The Morgan fingerprint density at radius 2 is 1.89 bits per heavy atom. The van der Waals surface area contributed by atoms with Crippen molar-refractivity contribution in [1.29, 1.82) is 0 Å². The number of carbonyl (C=O) groups excluding carboxylic acids is 2. The van der Waals surface area contributed by atoms with Crippen molar-refractivity contribution >= 4 is 17.5 Å². The molecule has 19 heavy (non-hydrogen) atoms. The van der Waals surface area contributed by atoms with E-state index < -0.39 is 0 Å². The van der Waals surface area contributed by atoms with Crippen LogP contribution in [0.25, 0.3) is 0 Å². The fourth-order valence-electron chi connectivity index (χ4n) is 1.69. The minimum absolute atomic E-state index is 0.0313. The Bertz CT molecular complexity index is 429. The molecule has 0 fully saturated rings. The number of aliphatic hydroxyl groups excluding tert-OH is 1. The summed E-state index contributed by atoms with van der Waals surface area (Å²) in [6.07, 6.45) is 0.837. The summed E-state index contributed by atoms with van der Waals surface area (Å²) in [7, 11) is 0. The van der Waals surface area contributed by atoms with Crippen LogP contribution < -0.4 is 10.6 Å². The molecule has 1 atom stereocenters. The van der Waals surface area contributed by atoms with Gasteiger partial charge < -0.3 is 15.7 Å². The summed E-state index contributed by atoms with van der Waals surface area (Å²) in [5.41, 5.74) is 1.59. The molecule has 0 bridgehead atoms. The summed E-state index contributed by atoms with van der Waals surface area (Å²) in [6.45, 7) is 3.37. The van der Waals surface area contributed by atoms with E-state index in [-0.39, 0.29) is 30.9 Å². The lowest BCUT2D eigenvalue weighted by Gasteiger charge is -2.12. The van der Waals surface area contributed by atoms with E-state index >= 15 is 0 Å². The number of benzene rings is 1. The van der Waals surface area contributed by atoms with Crippen LogP contribution in [0.2, 0.25) is 0 Å². The Hall–Kier alpha value is -1.88. The van der Waals surface area contributed by atoms with Gasteiger partial charge in [0.25, 0.3) is 0 Å². The fraction of sp³-hybridized carbons (Fsp3) is 0.429. The van der Waals surface area contributed by atoms with Crippen molar-refractivity contribution in [3.8, 4) is 0 Å². The van der Waals surface area contributed by atoms with Crippen molar-refractivity contribution in [2.75, 3.05) is 11.9 Å². The van der Waals surface area contributed by atoms with Gasteiger partial charge in [-0.25, -0.2) is 0 Å². The van der Waals surface area contributed by atoms with E-state index in [1.54, 1.807) is 12.1 Å². The van der Waals surface area contributed by atoms with Gasteiger partial charge >= 0.3 is 0 Å². The summed E-state index contributed by atoms with van der Waals surface area (Å²) in [6, 6.07) is 7.11. The first kappa shape index (κ1) is 15.2. The van der Waals surface area contributed by atoms with Crippen LogP contribution in [0.5, 0.6) is 0 Å². The molecule has 0 aliphatic heterocycles. The highest BCUT2D eigenvalue weighted by Crippen LogP contribution is 2.10. The van der Waals surface area contributed by atoms with Gasteiger partial charge in [0.2, 0.25) is 11.8 Å². The number of hydrogen-bond acceptors (Lipinski definition) is 3. The molecule has 0 spiro atoms. The third-order valence-electron chi connectivity index (χ3n) is 2.61. The molecule has 0 radical (unpaired) electrons. The number of amides is 2. The molecule has 0 saturated heterocycles. The van der Waals surface area contributed by atoms with Crippen LogP contribution in [-0.2, 0) is 16.0 Å². The van der Waals surface area contributed by atoms with E-state index in [2.05, 4.69) is 10.6 Å². The first-order valence-electron chi connectivity index (χ1n) is 6.28. The van der Waals surface area contributed by atoms with E-state index in [0.29, 0.717) is 12.1 Å². The summed E-state index contributed by atoms with van der Waals surface area (Å²) in [5, 5.41) is 14.2. The molecule has 5 nitrogen and oxygen atoms in total. The average Bonchev–Trinajstić information content (AvgIpc) is 2.31. The molecule has 1 unspecified atom stereocenters. The van der Waals surface area contributed by atoms with E-state index in [1.165, 1.54) is 6.92 Å². The highest BCUT2D eigenvalue weighted by molar-refractivity contribution is 5.88. The smallest absolute Gasteiger partial charge is 0.224 e. The van der Waals surface area contributed by atoms with Gasteiger partial charge in [0.1, 0.15) is 0 Å². The molecule has 5 heteroatoms. The first-order valence-corrected chi connectivity index (χ1v) is 6.28. The number of carbonyl (C=O) groups is 2. The second kappa shape index (κ2) is 7.53. The molecule has 0 aromatic heterocycles. The van der Waals surface area contributed by atoms with Crippen LogP contribution in [0.1, 0.15) is 25.8 Å². The largest absolute Gasteiger partial charge is 0.396 e. The zero-order chi connectivity index (χ0) is 14.3. The van der Waals surface area contributed by atoms with Crippen molar-refractivity contribution in [1.82, 2.24) is 5.32 Å². The molecule has 1 aromatic rings. The molecular formula is C14H20N2O3. The van der Waals surface area contributed by atoms with Gasteiger partial charge in [-0.1, -0.05) is 12.1 Å². The van der Waals surface area contributed by atoms with Gasteiger partial charge in [0, 0.05) is 25.3 Å². The standard InChI is InChI=1S/C14H20N2O3/c1-10(7-8-17)15-14(19)9-12-3-5-13(6-4-12)16-11(2)18/h3-6,10,17H,7-9H2,1-2H3,(H,15,19)(H,16,18). The predicted octanol–water partition coefficient (Wildman–Crippen LogP) is 1.07. The second-order valence-corrected chi connectivity index (χ2v) is 4.54. The fourth-order valence-corrected chi connectivity index (χ4v) is 1.69. The molecule has 0 aliphatic rings. The molecule has 1 rings (SSSR count). The Labute approximate surface area is 113 Å². The summed E-state index contributed by atoms with van der Waals surface area (Å²) < 4.78 is 0. The third-order valence-corrected chi connectivity index (χ3v) is 2.61. The van der Waals surface area contributed by atoms with Crippen molar-refractivity contribution in [3.63, 3.8) is 0 Å². The molecule has 0 aliphatic carbocycles. The van der Waals surface area contributed by atoms with Gasteiger partial charge in [-0.3, -0.25) is 9.59 Å². The zero-order valence-corrected chi connectivity index (χ0v) is 11.3. The number of hydrogen-bond donors (Lipinski definition) is 3. The predicted molar refractivity (Wildman–Crippen MR) is 73.8 cm³/mol. The van der Waals surface area contributed by atoms with Crippen molar-refractivity contribution < 1.29 is 14.7 Å². The number of rotatable bonds is 6. The quantitative estimate of drug-likeness (QED) is 0.719. The minimum atomic E-state index is -0.122. The molecule has 0 saturated carbocycles. The van der Waals surface area contributed by atoms with Crippen LogP contribution in [0.4, 0.5) is 5.69 Å². The van der Waals surface area contributed by atoms with Crippen LogP contribution in [-0.4, -0.2) is 29.6 Å². The summed E-state index contributed by atoms with van der Waals surface area (Å²) >= 11 is 0. The SMILES string of the molecule is CC(=O)Nc1ccc(CC(=O)NC(C)CCO)cc1. The Kier molecular flexibility index (Phi) is 6.02. The maximum absolute atomic E-state index is 11.7. The Morgan fingerprint density at radius 1 is 1.26 bits per heavy atom. The molecule has 104 valence electrons. The topological polar surface area (TPSA) is 78.4 Å². The van der Waals surface area contributed by atoms with Crippen LogP contribution in [0.15, 0.2) is 24.3 Å². The van der Waals surface area contributed by atoms with E-state index in [0.717, 1.165) is 5.56 Å². The lowest BCUT2D eigenvalue weighted by atomic mass is 10.1. The lowest BCUT2D eigenvalue weighted by molar-refractivity contribution is -0.121. The van der Waals surface area contributed by atoms with E-state index in [4.69, 9.17) is 5.11 Å². The minimum Gasteiger partial charge on any atom is -0.396 e. The maximum Gasteiger partial charge on any atom is 0.224 e. The lowest BCUT2D eigenvalue weighted by Crippen LogP contribution is -2.34. The highest BCUT2D eigenvalue weighted by atomic mass is 16.3. The summed E-state index contributed by atoms with van der Waals surface area (Å²) in [5.74, 6) is -0.198. The first-order chi connectivity index (χ1) is 9.01. The molecule has 3 N–H and O–H groups in total. The Balaban J connectivity index is 2.48. The normalized spacial score (nSPS) is 11.7. The highest BCUT2D eigenvalue weighted by Gasteiger charge is 2.07. The monoisotopic (exact) mass is 264 g/mol.